The van der Waals surface area contributed by atoms with Crippen molar-refractivity contribution in [3.8, 4) is 11.5 Å². The summed E-state index contributed by atoms with van der Waals surface area (Å²) >= 11 is 6.81. The molecule has 0 saturated carbocycles. The zero-order chi connectivity index (χ0) is 26.1. The number of allylic oxidation sites excluding steroid dienone is 4. The van der Waals surface area contributed by atoms with Crippen molar-refractivity contribution >= 4 is 23.2 Å². The van der Waals surface area contributed by atoms with E-state index in [1.807, 2.05) is 37.3 Å². The summed E-state index contributed by atoms with van der Waals surface area (Å²) in [5, 5.41) is 0.411. The number of methoxy groups -OCH3 is 1. The summed E-state index contributed by atoms with van der Waals surface area (Å²) in [5.41, 5.74) is 6.71. The lowest BCUT2D eigenvalue weighted by molar-refractivity contribution is -0.117. The number of ether oxygens (including phenoxy) is 2. The summed E-state index contributed by atoms with van der Waals surface area (Å²) in [6.45, 7) is 5.36. The molecule has 1 aliphatic heterocycles. The number of halogens is 1. The van der Waals surface area contributed by atoms with Crippen molar-refractivity contribution in [2.75, 3.05) is 13.7 Å². The predicted molar refractivity (Wildman–Crippen MR) is 145 cm³/mol. The lowest BCUT2D eigenvalue weighted by Gasteiger charge is -2.44. The van der Waals surface area contributed by atoms with E-state index in [2.05, 4.69) is 17.9 Å². The van der Waals surface area contributed by atoms with Gasteiger partial charge in [0, 0.05) is 47.8 Å². The van der Waals surface area contributed by atoms with Crippen LogP contribution in [0.1, 0.15) is 74.5 Å². The number of ketones is 2. The second-order valence-corrected chi connectivity index (χ2v) is 10.6. The highest BCUT2D eigenvalue weighted by atomic mass is 35.5. The van der Waals surface area contributed by atoms with Gasteiger partial charge in [0.1, 0.15) is 6.61 Å². The highest BCUT2D eigenvalue weighted by Gasteiger charge is 2.43. The van der Waals surface area contributed by atoms with Crippen molar-refractivity contribution in [2.45, 2.75) is 71.3 Å². The van der Waals surface area contributed by atoms with E-state index in [4.69, 9.17) is 21.1 Å². The Bertz CT molecular complexity index is 1260. The molecule has 37 heavy (non-hydrogen) atoms. The monoisotopic (exact) mass is 519 g/mol. The molecule has 0 spiro atoms. The minimum Gasteiger partial charge on any atom is -0.493 e. The lowest BCUT2D eigenvalue weighted by atomic mass is 9.71. The number of nitrogens with zero attached hydrogens (tertiary/aromatic N) is 1. The lowest BCUT2D eigenvalue weighted by Crippen LogP contribution is -2.39. The van der Waals surface area contributed by atoms with Crippen LogP contribution in [0.15, 0.2) is 58.9 Å². The summed E-state index contributed by atoms with van der Waals surface area (Å²) < 4.78 is 11.9. The molecule has 5 nitrogen and oxygen atoms in total. The highest BCUT2D eigenvalue weighted by Crippen LogP contribution is 2.51. The van der Waals surface area contributed by atoms with Crippen molar-refractivity contribution in [3.63, 3.8) is 0 Å². The van der Waals surface area contributed by atoms with Gasteiger partial charge in [-0.2, -0.15) is 0 Å². The Balaban J connectivity index is 1.60. The Morgan fingerprint density at radius 1 is 0.973 bits per heavy atom. The van der Waals surface area contributed by atoms with Gasteiger partial charge in [0.05, 0.1) is 12.1 Å². The van der Waals surface area contributed by atoms with Crippen LogP contribution in [-0.2, 0) is 16.2 Å². The molecule has 6 heteroatoms. The number of Topliss-reactive ketones (excluding diaryl/α,β-unsaturated/α-hetero) is 2. The molecule has 194 valence electrons. The molecule has 1 heterocycles. The van der Waals surface area contributed by atoms with Gasteiger partial charge >= 0.3 is 0 Å². The van der Waals surface area contributed by atoms with E-state index >= 15 is 0 Å². The number of aryl methyl sites for hydroxylation is 1. The molecule has 2 aromatic carbocycles. The quantitative estimate of drug-likeness (QED) is 0.392. The third kappa shape index (κ3) is 4.82. The fourth-order valence-electron chi connectivity index (χ4n) is 6.05. The van der Waals surface area contributed by atoms with E-state index in [9.17, 15) is 9.59 Å². The number of benzene rings is 2. The van der Waals surface area contributed by atoms with Crippen LogP contribution in [0.5, 0.6) is 11.5 Å². The van der Waals surface area contributed by atoms with Crippen LogP contribution in [-0.4, -0.2) is 30.1 Å². The Morgan fingerprint density at radius 2 is 1.65 bits per heavy atom. The van der Waals surface area contributed by atoms with E-state index in [0.717, 1.165) is 77.9 Å². The molecule has 0 saturated heterocycles. The van der Waals surface area contributed by atoms with E-state index in [1.165, 1.54) is 0 Å². The van der Waals surface area contributed by atoms with Crippen LogP contribution in [0.25, 0.3) is 0 Å². The second-order valence-electron chi connectivity index (χ2n) is 10.2. The fraction of sp³-hybridized carbons (Fsp3) is 0.419. The van der Waals surface area contributed by atoms with Crippen LogP contribution in [0, 0.1) is 6.92 Å². The van der Waals surface area contributed by atoms with Crippen LogP contribution in [0.3, 0.4) is 0 Å². The highest BCUT2D eigenvalue weighted by molar-refractivity contribution is 6.32. The molecule has 0 fully saturated rings. The summed E-state index contributed by atoms with van der Waals surface area (Å²) in [7, 11) is 1.59. The van der Waals surface area contributed by atoms with Crippen LogP contribution >= 0.6 is 11.6 Å². The normalized spacial score (nSPS) is 18.2. The predicted octanol–water partition coefficient (Wildman–Crippen LogP) is 7.06. The number of hydrogen-bond acceptors (Lipinski definition) is 5. The SMILES string of the molecule is CCCN1C2=C(C(=O)CCC2)C(c2cc(Cl)c(OCc3cccc(C)c3)c(OC)c2)C2=C1CCCC2=O. The largest absolute Gasteiger partial charge is 0.493 e. The van der Waals surface area contributed by atoms with Gasteiger partial charge in [0.15, 0.2) is 23.1 Å². The smallest absolute Gasteiger partial charge is 0.180 e. The van der Waals surface area contributed by atoms with Crippen molar-refractivity contribution in [3.05, 3.63) is 80.7 Å². The minimum absolute atomic E-state index is 0.132. The Kier molecular flexibility index (Phi) is 7.43. The molecule has 0 aromatic heterocycles. The third-order valence-corrected chi connectivity index (χ3v) is 7.87. The van der Waals surface area contributed by atoms with Gasteiger partial charge in [-0.3, -0.25) is 9.59 Å². The van der Waals surface area contributed by atoms with E-state index < -0.39 is 5.92 Å². The molecule has 3 aliphatic rings. The van der Waals surface area contributed by atoms with E-state index in [1.54, 1.807) is 7.11 Å². The van der Waals surface area contributed by atoms with Gasteiger partial charge in [-0.1, -0.05) is 48.4 Å². The van der Waals surface area contributed by atoms with E-state index in [-0.39, 0.29) is 11.6 Å². The first-order valence-electron chi connectivity index (χ1n) is 13.3. The number of carbonyl (C=O) groups is 2. The van der Waals surface area contributed by atoms with Gasteiger partial charge < -0.3 is 14.4 Å². The Morgan fingerprint density at radius 3 is 2.24 bits per heavy atom. The topological polar surface area (TPSA) is 55.8 Å². The first kappa shape index (κ1) is 25.6. The van der Waals surface area contributed by atoms with Gasteiger partial charge in [-0.25, -0.2) is 0 Å². The van der Waals surface area contributed by atoms with Gasteiger partial charge in [-0.15, -0.1) is 0 Å². The molecule has 0 unspecified atom stereocenters. The van der Waals surface area contributed by atoms with Crippen LogP contribution in [0.2, 0.25) is 5.02 Å². The van der Waals surface area contributed by atoms with Crippen molar-refractivity contribution in [1.82, 2.24) is 4.90 Å². The Labute approximate surface area is 224 Å². The molecule has 5 rings (SSSR count). The van der Waals surface area contributed by atoms with Gasteiger partial charge in [-0.05, 0) is 62.3 Å². The minimum atomic E-state index is -0.420. The molecule has 0 amide bonds. The van der Waals surface area contributed by atoms with Gasteiger partial charge in [0.25, 0.3) is 0 Å². The maximum Gasteiger partial charge on any atom is 0.180 e. The molecule has 0 bridgehead atoms. The summed E-state index contributed by atoms with van der Waals surface area (Å²) in [6, 6.07) is 11.9. The summed E-state index contributed by atoms with van der Waals surface area (Å²) in [4.78, 5) is 29.1. The zero-order valence-electron chi connectivity index (χ0n) is 21.9. The first-order valence-corrected chi connectivity index (χ1v) is 13.7. The number of rotatable bonds is 7. The summed E-state index contributed by atoms with van der Waals surface area (Å²) in [6.07, 6.45) is 5.36. The van der Waals surface area contributed by atoms with Gasteiger partial charge in [0.2, 0.25) is 0 Å². The molecule has 0 atom stereocenters. The molecular formula is C31H34ClNO4. The molecular weight excluding hydrogens is 486 g/mol. The summed E-state index contributed by atoms with van der Waals surface area (Å²) in [5.74, 6) is 0.809. The Hall–Kier alpha value is -3.05. The maximum atomic E-state index is 13.4. The standard InChI is InChI=1S/C31H34ClNO4/c1-4-14-33-23-10-6-12-25(34)29(23)28(30-24(33)11-7-13-26(30)35)21-16-22(32)31(27(17-21)36-3)37-18-20-9-5-8-19(2)15-20/h5,8-9,15-17,28H,4,6-7,10-14,18H2,1-3H3. The second kappa shape index (κ2) is 10.7. The zero-order valence-corrected chi connectivity index (χ0v) is 22.6. The van der Waals surface area contributed by atoms with Crippen molar-refractivity contribution in [2.24, 2.45) is 0 Å². The molecule has 2 aromatic rings. The molecule has 0 N–H and O–H groups in total. The first-order chi connectivity index (χ1) is 17.9. The van der Waals surface area contributed by atoms with E-state index in [0.29, 0.717) is 36.0 Å². The maximum absolute atomic E-state index is 13.4. The average Bonchev–Trinajstić information content (AvgIpc) is 2.88. The van der Waals surface area contributed by atoms with Crippen molar-refractivity contribution < 1.29 is 19.1 Å². The third-order valence-electron chi connectivity index (χ3n) is 7.58. The molecule has 2 aliphatic carbocycles. The number of hydrogen-bond donors (Lipinski definition) is 0. The molecule has 0 radical (unpaired) electrons. The number of carbonyl (C=O) groups excluding carboxylic acids is 2. The fourth-order valence-corrected chi connectivity index (χ4v) is 6.32. The van der Waals surface area contributed by atoms with Crippen molar-refractivity contribution in [1.29, 1.82) is 0 Å². The average molecular weight is 520 g/mol. The van der Waals surface area contributed by atoms with Crippen LogP contribution in [0.4, 0.5) is 0 Å². The van der Waals surface area contributed by atoms with Crippen LogP contribution < -0.4 is 9.47 Å².